The molecule has 1 N–H and O–H groups in total. The Bertz CT molecular complexity index is 509. The Hall–Kier alpha value is -1.88. The van der Waals surface area contributed by atoms with Crippen LogP contribution in [0.15, 0.2) is 30.3 Å². The molecule has 1 heterocycles. The van der Waals surface area contributed by atoms with Gasteiger partial charge in [-0.3, -0.25) is 9.59 Å². The summed E-state index contributed by atoms with van der Waals surface area (Å²) in [6, 6.07) is 10.3. The number of ether oxygens (including phenoxy) is 2. The number of hydrogen-bond acceptors (Lipinski definition) is 4. The Balaban J connectivity index is 1.91. The zero-order chi connectivity index (χ0) is 16.5. The molecule has 5 nitrogen and oxygen atoms in total. The molecule has 2 rings (SSSR count). The number of hydrogen-bond donors (Lipinski definition) is 1. The van der Waals surface area contributed by atoms with Crippen molar-refractivity contribution in [1.82, 2.24) is 5.32 Å². The smallest absolute Gasteiger partial charge is 0.306 e. The van der Waals surface area contributed by atoms with Crippen molar-refractivity contribution in [1.29, 1.82) is 0 Å². The minimum absolute atomic E-state index is 0.0842. The molecule has 0 bridgehead atoms. The van der Waals surface area contributed by atoms with Gasteiger partial charge in [0.1, 0.15) is 0 Å². The molecule has 1 aromatic carbocycles. The Labute approximate surface area is 137 Å². The Morgan fingerprint density at radius 2 is 1.87 bits per heavy atom. The van der Waals surface area contributed by atoms with Crippen LogP contribution < -0.4 is 5.32 Å². The van der Waals surface area contributed by atoms with Crippen LogP contribution in [0.25, 0.3) is 0 Å². The lowest BCUT2D eigenvalue weighted by Crippen LogP contribution is -2.44. The van der Waals surface area contributed by atoms with Crippen LogP contribution in [0.5, 0.6) is 0 Å². The predicted octanol–water partition coefficient (Wildman–Crippen LogP) is 2.19. The molecular formula is C18H25NO4. The maximum absolute atomic E-state index is 12.0. The first kappa shape index (κ1) is 17.5. The van der Waals surface area contributed by atoms with Gasteiger partial charge in [0.05, 0.1) is 13.0 Å². The fraction of sp³-hybridized carbons (Fsp3) is 0.556. The first-order valence-corrected chi connectivity index (χ1v) is 8.22. The van der Waals surface area contributed by atoms with Crippen LogP contribution in [-0.2, 0) is 24.5 Å². The summed E-state index contributed by atoms with van der Waals surface area (Å²) < 4.78 is 10.3. The van der Waals surface area contributed by atoms with Crippen LogP contribution in [0.1, 0.15) is 38.2 Å². The van der Waals surface area contributed by atoms with E-state index >= 15 is 0 Å². The van der Waals surface area contributed by atoms with E-state index in [1.54, 1.807) is 6.92 Å². The summed E-state index contributed by atoms with van der Waals surface area (Å²) in [7, 11) is 0. The van der Waals surface area contributed by atoms with E-state index in [1.807, 2.05) is 18.2 Å². The first-order valence-electron chi connectivity index (χ1n) is 8.22. The van der Waals surface area contributed by atoms with Gasteiger partial charge >= 0.3 is 5.97 Å². The molecule has 1 aliphatic heterocycles. The highest BCUT2D eigenvalue weighted by molar-refractivity contribution is 5.81. The molecule has 0 spiro atoms. The fourth-order valence-corrected chi connectivity index (χ4v) is 2.93. The third-order valence-corrected chi connectivity index (χ3v) is 4.32. The number of rotatable bonds is 7. The molecular weight excluding hydrogens is 294 g/mol. The zero-order valence-corrected chi connectivity index (χ0v) is 13.7. The van der Waals surface area contributed by atoms with E-state index in [1.165, 1.54) is 5.56 Å². The van der Waals surface area contributed by atoms with E-state index in [2.05, 4.69) is 17.4 Å². The van der Waals surface area contributed by atoms with E-state index in [9.17, 15) is 9.59 Å². The summed E-state index contributed by atoms with van der Waals surface area (Å²) in [5.74, 6) is -0.439. The number of carbonyl (C=O) groups excluding carboxylic acids is 2. The molecule has 0 saturated carbocycles. The minimum atomic E-state index is -0.327. The van der Waals surface area contributed by atoms with Gasteiger partial charge in [-0.05, 0) is 25.3 Å². The number of benzene rings is 1. The van der Waals surface area contributed by atoms with E-state index in [0.29, 0.717) is 26.4 Å². The summed E-state index contributed by atoms with van der Waals surface area (Å²) in [6.45, 7) is 4.08. The summed E-state index contributed by atoms with van der Waals surface area (Å²) in [5, 5.41) is 2.99. The van der Waals surface area contributed by atoms with Crippen molar-refractivity contribution in [3.05, 3.63) is 35.9 Å². The van der Waals surface area contributed by atoms with Crippen molar-refractivity contribution >= 4 is 11.9 Å². The van der Waals surface area contributed by atoms with Crippen LogP contribution >= 0.6 is 0 Å². The highest BCUT2D eigenvalue weighted by atomic mass is 16.5. The van der Waals surface area contributed by atoms with Gasteiger partial charge in [0, 0.05) is 31.6 Å². The molecule has 1 aliphatic rings. The van der Waals surface area contributed by atoms with Crippen LogP contribution in [0, 0.1) is 0 Å². The number of nitrogens with one attached hydrogen (secondary N) is 1. The summed E-state index contributed by atoms with van der Waals surface area (Å²) >= 11 is 0. The first-order chi connectivity index (χ1) is 11.2. The van der Waals surface area contributed by atoms with Gasteiger partial charge in [-0.25, -0.2) is 0 Å². The molecule has 1 amide bonds. The topological polar surface area (TPSA) is 64.6 Å². The third-order valence-electron chi connectivity index (χ3n) is 4.32. The minimum Gasteiger partial charge on any atom is -0.466 e. The maximum atomic E-state index is 12.0. The quantitative estimate of drug-likeness (QED) is 0.783. The van der Waals surface area contributed by atoms with Gasteiger partial charge in [0.25, 0.3) is 0 Å². The lowest BCUT2D eigenvalue weighted by atomic mass is 9.74. The van der Waals surface area contributed by atoms with Crippen LogP contribution in [-0.4, -0.2) is 38.2 Å². The molecule has 0 aliphatic carbocycles. The van der Waals surface area contributed by atoms with E-state index < -0.39 is 0 Å². The van der Waals surface area contributed by atoms with Crippen LogP contribution in [0.2, 0.25) is 0 Å². The monoisotopic (exact) mass is 319 g/mol. The van der Waals surface area contributed by atoms with Gasteiger partial charge in [-0.2, -0.15) is 0 Å². The molecule has 0 atom stereocenters. The second-order valence-corrected chi connectivity index (χ2v) is 5.84. The average molecular weight is 319 g/mol. The van der Waals surface area contributed by atoms with E-state index in [-0.39, 0.29) is 30.1 Å². The fourth-order valence-electron chi connectivity index (χ4n) is 2.93. The molecule has 0 radical (unpaired) electrons. The largest absolute Gasteiger partial charge is 0.466 e. The van der Waals surface area contributed by atoms with Crippen LogP contribution in [0.3, 0.4) is 0 Å². The lowest BCUT2D eigenvalue weighted by molar-refractivity contribution is -0.144. The number of carbonyl (C=O) groups is 2. The highest BCUT2D eigenvalue weighted by Gasteiger charge is 2.34. The number of esters is 1. The SMILES string of the molecule is CCOC(=O)CCC(=O)NCC1(c2ccccc2)CCOCC1. The van der Waals surface area contributed by atoms with Crippen LogP contribution in [0.4, 0.5) is 0 Å². The van der Waals surface area contributed by atoms with Gasteiger partial charge in [-0.1, -0.05) is 30.3 Å². The van der Waals surface area contributed by atoms with Crippen molar-refractivity contribution < 1.29 is 19.1 Å². The molecule has 23 heavy (non-hydrogen) atoms. The van der Waals surface area contributed by atoms with Crippen molar-refractivity contribution in [3.63, 3.8) is 0 Å². The molecule has 0 aromatic heterocycles. The predicted molar refractivity (Wildman–Crippen MR) is 87.0 cm³/mol. The van der Waals surface area contributed by atoms with Crippen molar-refractivity contribution in [3.8, 4) is 0 Å². The van der Waals surface area contributed by atoms with Crippen molar-refractivity contribution in [2.24, 2.45) is 0 Å². The Morgan fingerprint density at radius 3 is 2.52 bits per heavy atom. The highest BCUT2D eigenvalue weighted by Crippen LogP contribution is 2.34. The second-order valence-electron chi connectivity index (χ2n) is 5.84. The standard InChI is InChI=1S/C18H25NO4/c1-2-23-17(21)9-8-16(20)19-14-18(10-12-22-13-11-18)15-6-4-3-5-7-15/h3-7H,2,8-14H2,1H3,(H,19,20). The molecule has 5 heteroatoms. The summed E-state index contributed by atoms with van der Waals surface area (Å²) in [6.07, 6.45) is 2.06. The second kappa shape index (κ2) is 8.67. The molecule has 126 valence electrons. The summed E-state index contributed by atoms with van der Waals surface area (Å²) in [4.78, 5) is 23.3. The van der Waals surface area contributed by atoms with Gasteiger partial charge in [-0.15, -0.1) is 0 Å². The van der Waals surface area contributed by atoms with E-state index in [0.717, 1.165) is 12.8 Å². The lowest BCUT2D eigenvalue weighted by Gasteiger charge is -2.38. The third kappa shape index (κ3) is 5.06. The zero-order valence-electron chi connectivity index (χ0n) is 13.7. The molecule has 1 fully saturated rings. The van der Waals surface area contributed by atoms with Crippen molar-refractivity contribution in [2.45, 2.75) is 38.0 Å². The maximum Gasteiger partial charge on any atom is 0.306 e. The molecule has 1 aromatic rings. The summed E-state index contributed by atoms with van der Waals surface area (Å²) in [5.41, 5.74) is 1.15. The van der Waals surface area contributed by atoms with E-state index in [4.69, 9.17) is 9.47 Å². The van der Waals surface area contributed by atoms with Gasteiger partial charge in [0.2, 0.25) is 5.91 Å². The van der Waals surface area contributed by atoms with Crippen molar-refractivity contribution in [2.75, 3.05) is 26.4 Å². The Kier molecular flexibility index (Phi) is 6.59. The normalized spacial score (nSPS) is 16.6. The van der Waals surface area contributed by atoms with Gasteiger partial charge < -0.3 is 14.8 Å². The molecule has 0 unspecified atom stereocenters. The Morgan fingerprint density at radius 1 is 1.17 bits per heavy atom. The van der Waals surface area contributed by atoms with Gasteiger partial charge in [0.15, 0.2) is 0 Å². The molecule has 1 saturated heterocycles. The average Bonchev–Trinajstić information content (AvgIpc) is 2.60. The number of amides is 1.